The van der Waals surface area contributed by atoms with Gasteiger partial charge in [0.25, 0.3) is 0 Å². The summed E-state index contributed by atoms with van der Waals surface area (Å²) in [4.78, 5) is 46.4. The van der Waals surface area contributed by atoms with Crippen molar-refractivity contribution in [1.29, 1.82) is 5.26 Å². The maximum Gasteiger partial charge on any atom is 1.00 e. The predicted molar refractivity (Wildman–Crippen MR) is 154 cm³/mol. The zero-order chi connectivity index (χ0) is 31.5. The van der Waals surface area contributed by atoms with Gasteiger partial charge in [-0.15, -0.1) is 5.16 Å². The summed E-state index contributed by atoms with van der Waals surface area (Å²) in [6.07, 6.45) is 2.85. The second kappa shape index (κ2) is 21.9. The molecule has 44 heavy (non-hydrogen) atoms. The zero-order valence-electron chi connectivity index (χ0n) is 25.0. The number of nitrogens with one attached hydrogen (secondary N) is 2. The van der Waals surface area contributed by atoms with Gasteiger partial charge in [0, 0.05) is 24.9 Å². The molecule has 0 aliphatic heterocycles. The number of alkyl carbamates (subject to hydrolysis) is 2. The Kier molecular flexibility index (Phi) is 19.0. The number of ether oxygens (including phenoxy) is 2. The van der Waals surface area contributed by atoms with Gasteiger partial charge in [-0.25, -0.2) is 9.59 Å². The van der Waals surface area contributed by atoms with Crippen LogP contribution in [0.25, 0.3) is 0 Å². The van der Waals surface area contributed by atoms with Crippen molar-refractivity contribution in [1.82, 2.24) is 10.6 Å². The van der Waals surface area contributed by atoms with Crippen molar-refractivity contribution >= 4 is 30.0 Å². The average Bonchev–Trinajstić information content (AvgIpc) is 3.04. The molecule has 2 saturated carbocycles. The van der Waals surface area contributed by atoms with Crippen LogP contribution in [0.5, 0.6) is 0 Å². The molecule has 2 aliphatic rings. The van der Waals surface area contributed by atoms with Crippen LogP contribution in [0.3, 0.4) is 0 Å². The Labute approximate surface area is 279 Å². The Morgan fingerprint density at radius 1 is 0.886 bits per heavy atom. The molecular formula is C31H37N4NaO8. The van der Waals surface area contributed by atoms with Gasteiger partial charge in [-0.2, -0.15) is 12.4 Å². The van der Waals surface area contributed by atoms with Crippen LogP contribution in [0.4, 0.5) is 9.59 Å². The summed E-state index contributed by atoms with van der Waals surface area (Å²) in [5, 5.41) is 34.0. The SMILES string of the molecule is C[O-].N#CC1CC(NC(=O)OCc2ccccc2)CCC1=O.O=C(NC1CCC(=O)C(/C=N/O)C1)OCc1ccccc1.[Na+]. The van der Waals surface area contributed by atoms with E-state index in [0.29, 0.717) is 38.5 Å². The minimum Gasteiger partial charge on any atom is -0.857 e. The van der Waals surface area contributed by atoms with E-state index in [4.69, 9.17) is 25.0 Å². The maximum absolute atomic E-state index is 11.7. The number of oxime groups is 1. The first-order valence-electron chi connectivity index (χ1n) is 13.9. The molecule has 2 aromatic carbocycles. The number of rotatable bonds is 7. The van der Waals surface area contributed by atoms with E-state index in [1.165, 1.54) is 6.21 Å². The number of carbonyl (C=O) groups is 4. The number of nitrogens with zero attached hydrogens (tertiary/aromatic N) is 2. The predicted octanol–water partition coefficient (Wildman–Crippen LogP) is 0.265. The smallest absolute Gasteiger partial charge is 0.857 e. The minimum atomic E-state index is -0.608. The molecule has 12 nitrogen and oxygen atoms in total. The first-order chi connectivity index (χ1) is 20.9. The molecule has 3 N–H and O–H groups in total. The third kappa shape index (κ3) is 14.1. The second-order valence-corrected chi connectivity index (χ2v) is 9.84. The summed E-state index contributed by atoms with van der Waals surface area (Å²) in [6, 6.07) is 20.5. The number of carbonyl (C=O) groups excluding carboxylic acids is 4. The number of hydrogen-bond acceptors (Lipinski definition) is 10. The summed E-state index contributed by atoms with van der Waals surface area (Å²) in [5.74, 6) is -1.06. The van der Waals surface area contributed by atoms with Crippen molar-refractivity contribution < 1.29 is 68.5 Å². The summed E-state index contributed by atoms with van der Waals surface area (Å²) in [7, 11) is 0.750. The van der Waals surface area contributed by atoms with E-state index in [9.17, 15) is 19.2 Å². The van der Waals surface area contributed by atoms with Gasteiger partial charge in [-0.3, -0.25) is 9.59 Å². The quantitative estimate of drug-likeness (QED) is 0.170. The van der Waals surface area contributed by atoms with Gasteiger partial charge >= 0.3 is 41.7 Å². The molecule has 2 aromatic rings. The van der Waals surface area contributed by atoms with E-state index >= 15 is 0 Å². The third-order valence-corrected chi connectivity index (χ3v) is 6.81. The number of amides is 2. The molecule has 4 unspecified atom stereocenters. The molecule has 0 aromatic heterocycles. The largest absolute Gasteiger partial charge is 1.00 e. The molecule has 0 radical (unpaired) electrons. The molecule has 0 spiro atoms. The molecule has 2 fully saturated rings. The van der Waals surface area contributed by atoms with Crippen molar-refractivity contribution in [2.45, 2.75) is 63.8 Å². The number of benzene rings is 2. The summed E-state index contributed by atoms with van der Waals surface area (Å²) >= 11 is 0. The van der Waals surface area contributed by atoms with Crippen molar-refractivity contribution in [3.05, 3.63) is 71.8 Å². The summed E-state index contributed by atoms with van der Waals surface area (Å²) in [5.41, 5.74) is 1.83. The van der Waals surface area contributed by atoms with Gasteiger partial charge in [0.15, 0.2) is 0 Å². The van der Waals surface area contributed by atoms with Gasteiger partial charge in [0.1, 0.15) is 30.7 Å². The molecule has 0 saturated heterocycles. The second-order valence-electron chi connectivity index (χ2n) is 9.84. The Bertz CT molecular complexity index is 1240. The molecule has 2 amide bonds. The fraction of sp³-hybridized carbons (Fsp3) is 0.419. The van der Waals surface area contributed by atoms with Gasteiger partial charge < -0.3 is 30.4 Å². The molecule has 230 valence electrons. The molecular weight excluding hydrogens is 579 g/mol. The standard InChI is InChI=1S/C15H18N2O4.C15H16N2O3.CH3O.Na/c18-14-7-6-13(8-12(14)9-16-20)17-15(19)21-10-11-4-2-1-3-5-11;16-9-12-8-13(6-7-14(12)18)17-15(19)20-10-11-4-2-1-3-5-11;1-2;/h1-5,9,12-13,20H,6-8,10H2,(H,17,19);1-5,12-13H,6-8,10H2,(H,17,19);1H3;/q;;-1;+1/b16-9+;;;. The first kappa shape index (κ1) is 38.3. The number of ketones is 2. The Morgan fingerprint density at radius 2 is 1.34 bits per heavy atom. The Balaban J connectivity index is 0.000000408. The van der Waals surface area contributed by atoms with E-state index in [-0.39, 0.29) is 66.4 Å². The molecule has 0 heterocycles. The molecule has 2 aliphatic carbocycles. The first-order valence-corrected chi connectivity index (χ1v) is 13.9. The van der Waals surface area contributed by atoms with Crippen LogP contribution in [0.2, 0.25) is 0 Å². The van der Waals surface area contributed by atoms with Crippen molar-refractivity contribution in [3.63, 3.8) is 0 Å². The van der Waals surface area contributed by atoms with Crippen LogP contribution in [0.15, 0.2) is 65.8 Å². The topological polar surface area (TPSA) is 190 Å². The molecule has 0 bridgehead atoms. The third-order valence-electron chi connectivity index (χ3n) is 6.81. The molecule has 13 heteroatoms. The fourth-order valence-corrected chi connectivity index (χ4v) is 4.56. The van der Waals surface area contributed by atoms with Crippen LogP contribution in [0.1, 0.15) is 49.7 Å². The van der Waals surface area contributed by atoms with Crippen LogP contribution < -0.4 is 45.3 Å². The number of nitriles is 1. The van der Waals surface area contributed by atoms with Crippen LogP contribution in [0, 0.1) is 23.2 Å². The molecule has 4 rings (SSSR count). The van der Waals surface area contributed by atoms with Gasteiger partial charge in [-0.1, -0.05) is 60.7 Å². The van der Waals surface area contributed by atoms with Gasteiger partial charge in [0.2, 0.25) is 0 Å². The fourth-order valence-electron chi connectivity index (χ4n) is 4.56. The van der Waals surface area contributed by atoms with Gasteiger partial charge in [-0.05, 0) is 36.8 Å². The average molecular weight is 617 g/mol. The van der Waals surface area contributed by atoms with Crippen molar-refractivity contribution in [2.75, 3.05) is 7.11 Å². The minimum absolute atomic E-state index is 0. The van der Waals surface area contributed by atoms with Crippen molar-refractivity contribution in [2.24, 2.45) is 17.0 Å². The van der Waals surface area contributed by atoms with E-state index in [2.05, 4.69) is 15.8 Å². The Hall–Kier alpha value is -3.76. The van der Waals surface area contributed by atoms with E-state index in [1.54, 1.807) is 0 Å². The van der Waals surface area contributed by atoms with Gasteiger partial charge in [0.05, 0.1) is 18.2 Å². The van der Waals surface area contributed by atoms with E-state index in [1.807, 2.05) is 66.7 Å². The number of Topliss-reactive ketones (excluding diaryl/α,β-unsaturated/α-hetero) is 2. The number of hydrogen-bond donors (Lipinski definition) is 3. The Morgan fingerprint density at radius 3 is 1.80 bits per heavy atom. The molecule has 4 atom stereocenters. The summed E-state index contributed by atoms with van der Waals surface area (Å²) < 4.78 is 10.2. The van der Waals surface area contributed by atoms with Crippen LogP contribution >= 0.6 is 0 Å². The van der Waals surface area contributed by atoms with Crippen molar-refractivity contribution in [3.8, 4) is 6.07 Å². The van der Waals surface area contributed by atoms with Crippen LogP contribution in [-0.2, 0) is 32.3 Å². The monoisotopic (exact) mass is 616 g/mol. The normalized spacial score (nSPS) is 20.7. The van der Waals surface area contributed by atoms with E-state index < -0.39 is 24.0 Å². The van der Waals surface area contributed by atoms with E-state index in [0.717, 1.165) is 18.2 Å². The van der Waals surface area contributed by atoms with Crippen LogP contribution in [-0.4, -0.2) is 54.4 Å². The zero-order valence-corrected chi connectivity index (χ0v) is 27.0. The summed E-state index contributed by atoms with van der Waals surface area (Å²) in [6.45, 7) is 0.417. The maximum atomic E-state index is 11.7.